The van der Waals surface area contributed by atoms with Crippen molar-refractivity contribution in [3.8, 4) is 0 Å². The Morgan fingerprint density at radius 1 is 1.26 bits per heavy atom. The summed E-state index contributed by atoms with van der Waals surface area (Å²) in [4.78, 5) is 12.3. The first-order valence-corrected chi connectivity index (χ1v) is 7.13. The van der Waals surface area contributed by atoms with Crippen LogP contribution in [-0.2, 0) is 4.79 Å². The van der Waals surface area contributed by atoms with Gasteiger partial charge >= 0.3 is 0 Å². The van der Waals surface area contributed by atoms with E-state index < -0.39 is 6.10 Å². The number of nitrogens with one attached hydrogen (secondary N) is 1. The molecule has 1 amide bonds. The molecule has 0 aromatic heterocycles. The van der Waals surface area contributed by atoms with Crippen LogP contribution in [0.2, 0.25) is 0 Å². The number of hydrogen-bond acceptors (Lipinski definition) is 2. The lowest BCUT2D eigenvalue weighted by molar-refractivity contribution is -0.128. The smallest absolute Gasteiger partial charge is 0.226 e. The Labute approximate surface area is 115 Å². The molecular weight excluding hydrogens is 238 g/mol. The normalized spacial score (nSPS) is 24.4. The predicted octanol–water partition coefficient (Wildman–Crippen LogP) is 2.66. The largest absolute Gasteiger partial charge is 0.392 e. The second-order valence-electron chi connectivity index (χ2n) is 5.75. The van der Waals surface area contributed by atoms with Crippen molar-refractivity contribution in [2.75, 3.05) is 0 Å². The van der Waals surface area contributed by atoms with Gasteiger partial charge in [0.05, 0.1) is 18.1 Å². The number of aliphatic hydroxyl groups is 1. The minimum absolute atomic E-state index is 0.00690. The van der Waals surface area contributed by atoms with Gasteiger partial charge < -0.3 is 10.4 Å². The lowest BCUT2D eigenvalue weighted by atomic mass is 9.94. The second-order valence-corrected chi connectivity index (χ2v) is 5.75. The maximum atomic E-state index is 12.3. The summed E-state index contributed by atoms with van der Waals surface area (Å²) in [5.74, 6) is 0.0856. The molecule has 0 heterocycles. The van der Waals surface area contributed by atoms with Gasteiger partial charge in [-0.2, -0.15) is 0 Å². The Balaban J connectivity index is 2.07. The van der Waals surface area contributed by atoms with E-state index in [1.165, 1.54) is 0 Å². The first kappa shape index (κ1) is 14.1. The molecule has 19 heavy (non-hydrogen) atoms. The van der Waals surface area contributed by atoms with Crippen molar-refractivity contribution in [1.29, 1.82) is 0 Å². The van der Waals surface area contributed by atoms with Crippen molar-refractivity contribution in [3.05, 3.63) is 35.9 Å². The third-order valence-corrected chi connectivity index (χ3v) is 3.94. The Morgan fingerprint density at radius 2 is 1.95 bits per heavy atom. The van der Waals surface area contributed by atoms with Crippen LogP contribution in [0.3, 0.4) is 0 Å². The molecule has 3 nitrogen and oxygen atoms in total. The quantitative estimate of drug-likeness (QED) is 0.875. The lowest BCUT2D eigenvalue weighted by Crippen LogP contribution is -2.38. The van der Waals surface area contributed by atoms with E-state index in [1.54, 1.807) is 0 Å². The van der Waals surface area contributed by atoms with Gasteiger partial charge in [-0.3, -0.25) is 4.79 Å². The lowest BCUT2D eigenvalue weighted by Gasteiger charge is -2.25. The predicted molar refractivity (Wildman–Crippen MR) is 75.5 cm³/mol. The topological polar surface area (TPSA) is 49.3 Å². The molecule has 0 spiro atoms. The summed E-state index contributed by atoms with van der Waals surface area (Å²) >= 11 is 0. The third-order valence-electron chi connectivity index (χ3n) is 3.94. The van der Waals surface area contributed by atoms with E-state index in [2.05, 4.69) is 19.2 Å². The summed E-state index contributed by atoms with van der Waals surface area (Å²) in [6, 6.07) is 10.0. The first-order valence-electron chi connectivity index (χ1n) is 7.13. The van der Waals surface area contributed by atoms with Crippen LogP contribution in [0.15, 0.2) is 30.3 Å². The number of carbonyl (C=O) groups is 1. The van der Waals surface area contributed by atoms with Gasteiger partial charge in [-0.1, -0.05) is 44.2 Å². The summed E-state index contributed by atoms with van der Waals surface area (Å²) in [5, 5.41) is 12.9. The van der Waals surface area contributed by atoms with Crippen LogP contribution in [-0.4, -0.2) is 17.1 Å². The maximum absolute atomic E-state index is 12.3. The Hall–Kier alpha value is -1.35. The number of rotatable bonds is 4. The number of carbonyl (C=O) groups excluding carboxylic acids is 1. The molecule has 1 fully saturated rings. The van der Waals surface area contributed by atoms with Crippen molar-refractivity contribution >= 4 is 5.91 Å². The summed E-state index contributed by atoms with van der Waals surface area (Å²) in [5.41, 5.74) is 1.12. The second kappa shape index (κ2) is 6.20. The highest BCUT2D eigenvalue weighted by atomic mass is 16.3. The minimum Gasteiger partial charge on any atom is -0.392 e. The van der Waals surface area contributed by atoms with Crippen molar-refractivity contribution in [1.82, 2.24) is 5.32 Å². The van der Waals surface area contributed by atoms with E-state index in [0.717, 1.165) is 24.8 Å². The average molecular weight is 261 g/mol. The van der Waals surface area contributed by atoms with Crippen LogP contribution in [0.1, 0.15) is 44.7 Å². The fourth-order valence-corrected chi connectivity index (χ4v) is 2.80. The molecule has 0 saturated heterocycles. The third kappa shape index (κ3) is 3.35. The Morgan fingerprint density at radius 3 is 2.47 bits per heavy atom. The van der Waals surface area contributed by atoms with Gasteiger partial charge in [0.15, 0.2) is 0 Å². The van der Waals surface area contributed by atoms with E-state index in [9.17, 15) is 9.90 Å². The van der Waals surface area contributed by atoms with Crippen LogP contribution in [0.25, 0.3) is 0 Å². The molecule has 104 valence electrons. The highest BCUT2D eigenvalue weighted by molar-refractivity contribution is 5.80. The zero-order valence-corrected chi connectivity index (χ0v) is 11.7. The molecule has 3 heteroatoms. The molecule has 1 aromatic rings. The van der Waals surface area contributed by atoms with E-state index >= 15 is 0 Å². The summed E-state index contributed by atoms with van der Waals surface area (Å²) in [7, 11) is 0. The Bertz CT molecular complexity index is 416. The van der Waals surface area contributed by atoms with Crippen LogP contribution >= 0.6 is 0 Å². The zero-order valence-electron chi connectivity index (χ0n) is 11.7. The Kier molecular flexibility index (Phi) is 4.59. The average Bonchev–Trinajstić information content (AvgIpc) is 2.82. The number of hydrogen-bond donors (Lipinski definition) is 2. The van der Waals surface area contributed by atoms with Crippen molar-refractivity contribution in [3.63, 3.8) is 0 Å². The molecular formula is C16H23NO2. The van der Waals surface area contributed by atoms with Crippen LogP contribution < -0.4 is 5.32 Å². The molecule has 3 unspecified atom stereocenters. The van der Waals surface area contributed by atoms with E-state index in [4.69, 9.17) is 0 Å². The van der Waals surface area contributed by atoms with Crippen LogP contribution in [0, 0.1) is 11.8 Å². The summed E-state index contributed by atoms with van der Waals surface area (Å²) < 4.78 is 0. The molecule has 1 aromatic carbocycles. The molecule has 2 rings (SSSR count). The fourth-order valence-electron chi connectivity index (χ4n) is 2.80. The number of amides is 1. The molecule has 0 aliphatic heterocycles. The molecule has 3 atom stereocenters. The molecule has 1 saturated carbocycles. The van der Waals surface area contributed by atoms with E-state index in [1.807, 2.05) is 30.3 Å². The highest BCUT2D eigenvalue weighted by Crippen LogP contribution is 2.28. The molecule has 0 radical (unpaired) electrons. The molecule has 2 N–H and O–H groups in total. The fraction of sp³-hybridized carbons (Fsp3) is 0.562. The molecule has 1 aliphatic rings. The van der Waals surface area contributed by atoms with Crippen molar-refractivity contribution < 1.29 is 9.90 Å². The van der Waals surface area contributed by atoms with Crippen LogP contribution in [0.5, 0.6) is 0 Å². The highest BCUT2D eigenvalue weighted by Gasteiger charge is 2.33. The number of benzene rings is 1. The monoisotopic (exact) mass is 261 g/mol. The molecule has 0 bridgehead atoms. The van der Waals surface area contributed by atoms with E-state index in [-0.39, 0.29) is 17.9 Å². The van der Waals surface area contributed by atoms with Gasteiger partial charge in [0.2, 0.25) is 5.91 Å². The maximum Gasteiger partial charge on any atom is 0.226 e. The minimum atomic E-state index is -0.469. The van der Waals surface area contributed by atoms with Crippen molar-refractivity contribution in [2.45, 2.75) is 45.3 Å². The van der Waals surface area contributed by atoms with Gasteiger partial charge in [-0.05, 0) is 30.7 Å². The van der Waals surface area contributed by atoms with E-state index in [0.29, 0.717) is 5.92 Å². The van der Waals surface area contributed by atoms with Crippen LogP contribution in [0.4, 0.5) is 0 Å². The standard InChI is InChI=1S/C16H23NO2/c1-11(2)15(12-7-4-3-5-8-12)17-16(19)13-9-6-10-14(13)18/h3-5,7-8,11,13-15,18H,6,9-10H2,1-2H3,(H,17,19). The van der Waals surface area contributed by atoms with Crippen molar-refractivity contribution in [2.24, 2.45) is 11.8 Å². The number of aliphatic hydroxyl groups excluding tert-OH is 1. The first-order chi connectivity index (χ1) is 9.09. The zero-order chi connectivity index (χ0) is 13.8. The molecule has 1 aliphatic carbocycles. The van der Waals surface area contributed by atoms with Gasteiger partial charge in [0.1, 0.15) is 0 Å². The summed E-state index contributed by atoms with van der Waals surface area (Å²) in [6.45, 7) is 4.20. The summed E-state index contributed by atoms with van der Waals surface area (Å²) in [6.07, 6.45) is 2.02. The van der Waals surface area contributed by atoms with Gasteiger partial charge in [-0.15, -0.1) is 0 Å². The SMILES string of the molecule is CC(C)C(NC(=O)C1CCCC1O)c1ccccc1. The van der Waals surface area contributed by atoms with Gasteiger partial charge in [0.25, 0.3) is 0 Å². The van der Waals surface area contributed by atoms with Gasteiger partial charge in [0, 0.05) is 0 Å². The van der Waals surface area contributed by atoms with Gasteiger partial charge in [-0.25, -0.2) is 0 Å².